The van der Waals surface area contributed by atoms with Crippen LogP contribution in [-0.4, -0.2) is 32.3 Å². The summed E-state index contributed by atoms with van der Waals surface area (Å²) in [7, 11) is 0. The van der Waals surface area contributed by atoms with E-state index in [4.69, 9.17) is 15.0 Å². The van der Waals surface area contributed by atoms with Gasteiger partial charge in [0.15, 0.2) is 0 Å². The van der Waals surface area contributed by atoms with Gasteiger partial charge in [0.25, 0.3) is 0 Å². The zero-order chi connectivity index (χ0) is 13.1. The van der Waals surface area contributed by atoms with Crippen molar-refractivity contribution in [2.75, 3.05) is 26.3 Å². The Morgan fingerprint density at radius 3 is 3.11 bits per heavy atom. The number of aliphatic imine (C=N–C) groups is 1. The van der Waals surface area contributed by atoms with E-state index in [0.717, 1.165) is 38.4 Å². The second kappa shape index (κ2) is 9.49. The van der Waals surface area contributed by atoms with E-state index in [1.54, 1.807) is 6.26 Å². The number of hydrogen-bond donors (Lipinski definition) is 3. The Labute approximate surface area is 108 Å². The summed E-state index contributed by atoms with van der Waals surface area (Å²) in [6.07, 6.45) is 3.35. The molecule has 0 saturated heterocycles. The van der Waals surface area contributed by atoms with Gasteiger partial charge < -0.3 is 14.5 Å². The number of hydrazine groups is 1. The van der Waals surface area contributed by atoms with Crippen LogP contribution in [0.2, 0.25) is 0 Å². The predicted molar refractivity (Wildman–Crippen MR) is 71.1 cm³/mol. The molecule has 0 aliphatic rings. The third-order valence-electron chi connectivity index (χ3n) is 2.30. The number of nitrogens with one attached hydrogen (secondary N) is 2. The van der Waals surface area contributed by atoms with Gasteiger partial charge in [-0.05, 0) is 25.5 Å². The highest BCUT2D eigenvalue weighted by atomic mass is 16.5. The van der Waals surface area contributed by atoms with Crippen LogP contribution in [0.5, 0.6) is 0 Å². The van der Waals surface area contributed by atoms with Crippen LogP contribution in [0.4, 0.5) is 0 Å². The molecule has 1 aromatic heterocycles. The summed E-state index contributed by atoms with van der Waals surface area (Å²) < 4.78 is 10.5. The molecule has 0 bridgehead atoms. The molecule has 0 spiro atoms. The molecule has 1 aromatic rings. The molecule has 6 heteroatoms. The zero-order valence-corrected chi connectivity index (χ0v) is 10.8. The highest BCUT2D eigenvalue weighted by Crippen LogP contribution is 1.99. The fraction of sp³-hybridized carbons (Fsp3) is 0.583. The van der Waals surface area contributed by atoms with Crippen molar-refractivity contribution in [2.45, 2.75) is 19.8 Å². The van der Waals surface area contributed by atoms with Crippen molar-refractivity contribution in [1.29, 1.82) is 0 Å². The van der Waals surface area contributed by atoms with E-state index in [0.29, 0.717) is 12.5 Å². The summed E-state index contributed by atoms with van der Waals surface area (Å²) in [6, 6.07) is 3.82. The van der Waals surface area contributed by atoms with Crippen molar-refractivity contribution in [3.05, 3.63) is 24.2 Å². The van der Waals surface area contributed by atoms with E-state index in [9.17, 15) is 0 Å². The summed E-state index contributed by atoms with van der Waals surface area (Å²) in [5, 5.41) is 3.11. The quantitative estimate of drug-likeness (QED) is 0.209. The molecular formula is C12H22N4O2. The minimum absolute atomic E-state index is 0.595. The summed E-state index contributed by atoms with van der Waals surface area (Å²) >= 11 is 0. The SMILES string of the molecule is CCOCCCN=C(NN)NCCc1ccco1. The van der Waals surface area contributed by atoms with Gasteiger partial charge >= 0.3 is 0 Å². The average Bonchev–Trinajstić information content (AvgIpc) is 2.89. The van der Waals surface area contributed by atoms with Gasteiger partial charge in [0.1, 0.15) is 5.76 Å². The van der Waals surface area contributed by atoms with Crippen LogP contribution < -0.4 is 16.6 Å². The van der Waals surface area contributed by atoms with Gasteiger partial charge in [-0.1, -0.05) is 0 Å². The van der Waals surface area contributed by atoms with Crippen LogP contribution >= 0.6 is 0 Å². The summed E-state index contributed by atoms with van der Waals surface area (Å²) in [5.41, 5.74) is 2.54. The Bertz CT molecular complexity index is 325. The van der Waals surface area contributed by atoms with Gasteiger partial charge in [0, 0.05) is 32.7 Å². The van der Waals surface area contributed by atoms with Crippen LogP contribution in [0.25, 0.3) is 0 Å². The lowest BCUT2D eigenvalue weighted by atomic mass is 10.3. The third-order valence-corrected chi connectivity index (χ3v) is 2.30. The molecule has 0 unspecified atom stereocenters. The average molecular weight is 254 g/mol. The van der Waals surface area contributed by atoms with E-state index < -0.39 is 0 Å². The molecule has 0 aliphatic carbocycles. The number of rotatable bonds is 8. The van der Waals surface area contributed by atoms with Gasteiger partial charge in [0.05, 0.1) is 6.26 Å². The molecular weight excluding hydrogens is 232 g/mol. The van der Waals surface area contributed by atoms with Gasteiger partial charge in [-0.3, -0.25) is 10.4 Å². The minimum Gasteiger partial charge on any atom is -0.469 e. The smallest absolute Gasteiger partial charge is 0.205 e. The molecule has 6 nitrogen and oxygen atoms in total. The van der Waals surface area contributed by atoms with Crippen molar-refractivity contribution in [1.82, 2.24) is 10.7 Å². The number of nitrogens with two attached hydrogens (primary N) is 1. The topological polar surface area (TPSA) is 84.8 Å². The molecule has 0 amide bonds. The zero-order valence-electron chi connectivity index (χ0n) is 10.8. The molecule has 0 radical (unpaired) electrons. The normalized spacial score (nSPS) is 11.6. The van der Waals surface area contributed by atoms with Crippen LogP contribution in [-0.2, 0) is 11.2 Å². The Kier molecular flexibility index (Phi) is 7.66. The lowest BCUT2D eigenvalue weighted by molar-refractivity contribution is 0.146. The molecule has 0 fully saturated rings. The van der Waals surface area contributed by atoms with E-state index in [1.807, 2.05) is 19.1 Å². The molecule has 18 heavy (non-hydrogen) atoms. The maximum Gasteiger partial charge on any atom is 0.205 e. The van der Waals surface area contributed by atoms with Crippen molar-refractivity contribution in [3.8, 4) is 0 Å². The van der Waals surface area contributed by atoms with E-state index >= 15 is 0 Å². The molecule has 1 heterocycles. The minimum atomic E-state index is 0.595. The van der Waals surface area contributed by atoms with Crippen molar-refractivity contribution < 1.29 is 9.15 Å². The molecule has 4 N–H and O–H groups in total. The Balaban J connectivity index is 2.14. The molecule has 102 valence electrons. The number of hydrogen-bond acceptors (Lipinski definition) is 4. The van der Waals surface area contributed by atoms with Crippen molar-refractivity contribution in [3.63, 3.8) is 0 Å². The largest absolute Gasteiger partial charge is 0.469 e. The van der Waals surface area contributed by atoms with Crippen LogP contribution in [0.3, 0.4) is 0 Å². The summed E-state index contributed by atoms with van der Waals surface area (Å²) in [6.45, 7) is 4.86. The van der Waals surface area contributed by atoms with Crippen molar-refractivity contribution in [2.24, 2.45) is 10.8 Å². The van der Waals surface area contributed by atoms with Gasteiger partial charge in [-0.2, -0.15) is 0 Å². The fourth-order valence-electron chi connectivity index (χ4n) is 1.41. The maximum absolute atomic E-state index is 5.38. The lowest BCUT2D eigenvalue weighted by Crippen LogP contribution is -2.42. The van der Waals surface area contributed by atoms with Gasteiger partial charge in [-0.15, -0.1) is 0 Å². The predicted octanol–water partition coefficient (Wildman–Crippen LogP) is 0.658. The molecule has 0 aliphatic heterocycles. The Morgan fingerprint density at radius 2 is 2.44 bits per heavy atom. The molecule has 1 rings (SSSR count). The number of guanidine groups is 1. The number of furan rings is 1. The second-order valence-corrected chi connectivity index (χ2v) is 3.68. The highest BCUT2D eigenvalue weighted by Gasteiger charge is 1.98. The van der Waals surface area contributed by atoms with E-state index in [1.165, 1.54) is 0 Å². The first-order valence-corrected chi connectivity index (χ1v) is 6.22. The molecule has 0 aromatic carbocycles. The first kappa shape index (κ1) is 14.5. The number of ether oxygens (including phenoxy) is 1. The first-order valence-electron chi connectivity index (χ1n) is 6.22. The van der Waals surface area contributed by atoms with Crippen LogP contribution in [0, 0.1) is 0 Å². The van der Waals surface area contributed by atoms with E-state index in [2.05, 4.69) is 15.7 Å². The van der Waals surface area contributed by atoms with Crippen LogP contribution in [0.15, 0.2) is 27.8 Å². The van der Waals surface area contributed by atoms with Gasteiger partial charge in [0.2, 0.25) is 5.96 Å². The van der Waals surface area contributed by atoms with Gasteiger partial charge in [-0.25, -0.2) is 5.84 Å². The Hall–Kier alpha value is -1.53. The van der Waals surface area contributed by atoms with Crippen LogP contribution in [0.1, 0.15) is 19.1 Å². The second-order valence-electron chi connectivity index (χ2n) is 3.68. The first-order chi connectivity index (χ1) is 8.86. The maximum atomic E-state index is 5.38. The summed E-state index contributed by atoms with van der Waals surface area (Å²) in [4.78, 5) is 4.29. The Morgan fingerprint density at radius 1 is 1.56 bits per heavy atom. The summed E-state index contributed by atoms with van der Waals surface area (Å²) in [5.74, 6) is 6.91. The van der Waals surface area contributed by atoms with Crippen molar-refractivity contribution >= 4 is 5.96 Å². The third kappa shape index (κ3) is 6.27. The molecule has 0 atom stereocenters. The molecule has 0 saturated carbocycles. The fourth-order valence-corrected chi connectivity index (χ4v) is 1.41. The number of nitrogens with zero attached hydrogens (tertiary/aromatic N) is 1. The lowest BCUT2D eigenvalue weighted by Gasteiger charge is -2.08. The highest BCUT2D eigenvalue weighted by molar-refractivity contribution is 5.79. The van der Waals surface area contributed by atoms with E-state index in [-0.39, 0.29) is 0 Å². The standard InChI is InChI=1S/C12H22N4O2/c1-2-17-9-4-7-14-12(16-13)15-8-6-11-5-3-10-18-11/h3,5,10H,2,4,6-9,13H2,1H3,(H2,14,15,16). The monoisotopic (exact) mass is 254 g/mol.